The third kappa shape index (κ3) is 5.34. The van der Waals surface area contributed by atoms with E-state index in [4.69, 9.17) is 0 Å². The van der Waals surface area contributed by atoms with Crippen molar-refractivity contribution in [3.63, 3.8) is 0 Å². The minimum atomic E-state index is -0.273. The molecule has 31 heavy (non-hydrogen) atoms. The van der Waals surface area contributed by atoms with Gasteiger partial charge >= 0.3 is 0 Å². The first kappa shape index (κ1) is 21.6. The third-order valence-corrected chi connectivity index (χ3v) is 6.29. The molecule has 0 bridgehead atoms. The van der Waals surface area contributed by atoms with Gasteiger partial charge in [0.25, 0.3) is 0 Å². The Bertz CT molecular complexity index is 1000. The van der Waals surface area contributed by atoms with Crippen LogP contribution < -0.4 is 5.32 Å². The van der Waals surface area contributed by atoms with Crippen molar-refractivity contribution in [1.29, 1.82) is 0 Å². The zero-order valence-electron chi connectivity index (χ0n) is 17.6. The number of amides is 2. The van der Waals surface area contributed by atoms with Crippen LogP contribution in [0.1, 0.15) is 54.8 Å². The van der Waals surface area contributed by atoms with Crippen molar-refractivity contribution in [1.82, 2.24) is 15.1 Å². The zero-order chi connectivity index (χ0) is 21.8. The van der Waals surface area contributed by atoms with E-state index in [-0.39, 0.29) is 17.7 Å². The predicted octanol–water partition coefficient (Wildman–Crippen LogP) is 4.60. The number of H-pyrrole nitrogens is 1. The molecule has 1 aromatic heterocycles. The van der Waals surface area contributed by atoms with Gasteiger partial charge in [0.05, 0.1) is 5.92 Å². The summed E-state index contributed by atoms with van der Waals surface area (Å²) >= 11 is 3.29. The van der Waals surface area contributed by atoms with Gasteiger partial charge in [-0.1, -0.05) is 52.3 Å². The summed E-state index contributed by atoms with van der Waals surface area (Å²) in [6, 6.07) is 10.1. The number of hydrogen-bond donors (Lipinski definition) is 2. The van der Waals surface area contributed by atoms with E-state index in [9.17, 15) is 9.59 Å². The Morgan fingerprint density at radius 2 is 2.10 bits per heavy atom. The lowest BCUT2D eigenvalue weighted by atomic mass is 9.94. The number of nitrogens with one attached hydrogen (secondary N) is 2. The number of carbonyl (C=O) groups excluding carboxylic acids is 2. The topological polar surface area (TPSA) is 78.1 Å². The Kier molecular flexibility index (Phi) is 6.70. The molecule has 0 spiro atoms. The molecule has 0 radical (unpaired) electrons. The van der Waals surface area contributed by atoms with Gasteiger partial charge in [-0.15, -0.1) is 0 Å². The minimum Gasteiger partial charge on any atom is -0.335 e. The summed E-state index contributed by atoms with van der Waals surface area (Å²) in [5, 5.41) is 10.8. The molecule has 1 saturated carbocycles. The van der Waals surface area contributed by atoms with Crippen molar-refractivity contribution in [2.45, 2.75) is 38.0 Å². The molecular formula is C24H27BrN4O2. The number of aromatic amines is 1. The average Bonchev–Trinajstić information content (AvgIpc) is 3.56. The van der Waals surface area contributed by atoms with Gasteiger partial charge in [0.15, 0.2) is 5.82 Å². The molecular weight excluding hydrogens is 456 g/mol. The normalized spacial score (nSPS) is 17.5. The van der Waals surface area contributed by atoms with Crippen LogP contribution in [0.2, 0.25) is 0 Å². The minimum absolute atomic E-state index is 0.0473. The second-order valence-corrected chi connectivity index (χ2v) is 8.78. The van der Waals surface area contributed by atoms with Crippen LogP contribution in [0.3, 0.4) is 0 Å². The Morgan fingerprint density at radius 3 is 2.74 bits per heavy atom. The predicted molar refractivity (Wildman–Crippen MR) is 126 cm³/mol. The molecule has 2 aliphatic rings. The Morgan fingerprint density at radius 1 is 1.32 bits per heavy atom. The highest BCUT2D eigenvalue weighted by Gasteiger charge is 2.26. The van der Waals surface area contributed by atoms with Gasteiger partial charge in [0.1, 0.15) is 0 Å². The lowest BCUT2D eigenvalue weighted by molar-refractivity contribution is -0.125. The summed E-state index contributed by atoms with van der Waals surface area (Å²) in [5.41, 5.74) is 4.45. The second-order valence-electron chi connectivity index (χ2n) is 8.14. The summed E-state index contributed by atoms with van der Waals surface area (Å²) in [4.78, 5) is 26.6. The summed E-state index contributed by atoms with van der Waals surface area (Å²) in [7, 11) is 0. The van der Waals surface area contributed by atoms with Crippen molar-refractivity contribution in [2.24, 2.45) is 0 Å². The fraction of sp³-hybridized carbons (Fsp3) is 0.375. The number of allylic oxidation sites excluding steroid dienone is 1. The van der Waals surface area contributed by atoms with Crippen molar-refractivity contribution in [2.75, 3.05) is 23.7 Å². The SMILES string of the molecule is CC(C(=O)Nc1cc(C2CC2)[nH]n1)c1ccc(C2=CCN(C(=O)C=CCBr)CC2)cc1. The lowest BCUT2D eigenvalue weighted by Gasteiger charge is -2.25. The summed E-state index contributed by atoms with van der Waals surface area (Å²) in [6.45, 7) is 3.24. The zero-order valence-corrected chi connectivity index (χ0v) is 19.2. The number of benzene rings is 1. The van der Waals surface area contributed by atoms with Gasteiger partial charge in [0, 0.05) is 36.1 Å². The quantitative estimate of drug-likeness (QED) is 0.447. The maximum atomic E-state index is 12.6. The van der Waals surface area contributed by atoms with E-state index in [1.807, 2.05) is 36.1 Å². The fourth-order valence-electron chi connectivity index (χ4n) is 3.76. The molecule has 1 atom stereocenters. The molecule has 4 rings (SSSR count). The molecule has 7 heteroatoms. The summed E-state index contributed by atoms with van der Waals surface area (Å²) in [5.74, 6) is 0.876. The van der Waals surface area contributed by atoms with Crippen LogP contribution in [0.4, 0.5) is 5.82 Å². The van der Waals surface area contributed by atoms with Gasteiger partial charge in [-0.3, -0.25) is 14.7 Å². The first-order valence-electron chi connectivity index (χ1n) is 10.7. The number of hydrogen-bond acceptors (Lipinski definition) is 3. The maximum Gasteiger partial charge on any atom is 0.246 e. The van der Waals surface area contributed by atoms with Gasteiger partial charge < -0.3 is 10.2 Å². The first-order valence-corrected chi connectivity index (χ1v) is 11.8. The van der Waals surface area contributed by atoms with Crippen molar-refractivity contribution >= 4 is 39.1 Å². The van der Waals surface area contributed by atoms with Crippen molar-refractivity contribution in [3.05, 3.63) is 65.4 Å². The van der Waals surface area contributed by atoms with E-state index in [1.54, 1.807) is 6.08 Å². The molecule has 2 heterocycles. The highest BCUT2D eigenvalue weighted by Crippen LogP contribution is 2.39. The van der Waals surface area contributed by atoms with Gasteiger partial charge in [-0.2, -0.15) is 5.10 Å². The summed E-state index contributed by atoms with van der Waals surface area (Å²) in [6.07, 6.45) is 8.75. The van der Waals surface area contributed by atoms with Crippen molar-refractivity contribution in [3.8, 4) is 0 Å². The number of halogens is 1. The van der Waals surface area contributed by atoms with E-state index in [2.05, 4.69) is 49.7 Å². The highest BCUT2D eigenvalue weighted by molar-refractivity contribution is 9.09. The van der Waals surface area contributed by atoms with Gasteiger partial charge in [0.2, 0.25) is 11.8 Å². The van der Waals surface area contributed by atoms with E-state index in [1.165, 1.54) is 18.4 Å². The number of carbonyl (C=O) groups is 2. The molecule has 1 unspecified atom stereocenters. The van der Waals surface area contributed by atoms with E-state index >= 15 is 0 Å². The van der Waals surface area contributed by atoms with E-state index in [0.29, 0.717) is 30.2 Å². The molecule has 0 saturated heterocycles. The Balaban J connectivity index is 1.35. The smallest absolute Gasteiger partial charge is 0.246 e. The molecule has 1 aliphatic heterocycles. The van der Waals surface area contributed by atoms with Crippen molar-refractivity contribution < 1.29 is 9.59 Å². The van der Waals surface area contributed by atoms with Crippen LogP contribution in [-0.4, -0.2) is 45.3 Å². The Hall–Kier alpha value is -2.67. The lowest BCUT2D eigenvalue weighted by Crippen LogP contribution is -2.33. The standard InChI is InChI=1S/C24H27BrN4O2/c1-16(24(31)26-22-15-21(27-28-22)20-8-9-20)17-4-6-18(7-5-17)19-10-13-29(14-11-19)23(30)3-2-12-25/h2-7,10,15-16,20H,8-9,11-14H2,1H3,(H2,26,27,28,31). The number of alkyl halides is 1. The van der Waals surface area contributed by atoms with Crippen LogP contribution >= 0.6 is 15.9 Å². The van der Waals surface area contributed by atoms with Crippen LogP contribution in [0, 0.1) is 0 Å². The summed E-state index contributed by atoms with van der Waals surface area (Å²) < 4.78 is 0. The van der Waals surface area contributed by atoms with Crippen LogP contribution in [0.5, 0.6) is 0 Å². The fourth-order valence-corrected chi connectivity index (χ4v) is 3.95. The van der Waals surface area contributed by atoms with Crippen LogP contribution in [-0.2, 0) is 9.59 Å². The number of anilines is 1. The van der Waals surface area contributed by atoms with Crippen LogP contribution in [0.15, 0.2) is 48.6 Å². The number of aromatic nitrogens is 2. The van der Waals surface area contributed by atoms with Gasteiger partial charge in [-0.25, -0.2) is 0 Å². The number of rotatable bonds is 7. The monoisotopic (exact) mass is 482 g/mol. The molecule has 2 amide bonds. The molecule has 1 fully saturated rings. The van der Waals surface area contributed by atoms with E-state index in [0.717, 1.165) is 23.2 Å². The Labute approximate surface area is 190 Å². The molecule has 2 N–H and O–H groups in total. The number of nitrogens with zero attached hydrogens (tertiary/aromatic N) is 2. The largest absolute Gasteiger partial charge is 0.335 e. The second kappa shape index (κ2) is 9.64. The first-order chi connectivity index (χ1) is 15.0. The maximum absolute atomic E-state index is 12.6. The molecule has 162 valence electrons. The van der Waals surface area contributed by atoms with Gasteiger partial charge in [-0.05, 0) is 49.0 Å². The molecule has 6 nitrogen and oxygen atoms in total. The highest BCUT2D eigenvalue weighted by atomic mass is 79.9. The van der Waals surface area contributed by atoms with Crippen LogP contribution in [0.25, 0.3) is 5.57 Å². The van der Waals surface area contributed by atoms with E-state index < -0.39 is 0 Å². The molecule has 1 aliphatic carbocycles. The molecule has 1 aromatic carbocycles. The average molecular weight is 483 g/mol. The third-order valence-electron chi connectivity index (χ3n) is 5.91. The molecule has 2 aromatic rings.